The molecule has 5 nitrogen and oxygen atoms in total. The van der Waals surface area contributed by atoms with Gasteiger partial charge in [0, 0.05) is 25.1 Å². The van der Waals surface area contributed by atoms with Crippen LogP contribution in [0.2, 0.25) is 0 Å². The molecule has 2 aromatic heterocycles. The maximum atomic E-state index is 8.92. The van der Waals surface area contributed by atoms with E-state index >= 15 is 0 Å². The van der Waals surface area contributed by atoms with Crippen LogP contribution in [0.4, 0.5) is 0 Å². The zero-order chi connectivity index (χ0) is 13.2. The van der Waals surface area contributed by atoms with Gasteiger partial charge >= 0.3 is 0 Å². The van der Waals surface area contributed by atoms with Gasteiger partial charge in [-0.3, -0.25) is 0 Å². The lowest BCUT2D eigenvalue weighted by Crippen LogP contribution is -1.99. The number of hydrogen-bond acceptors (Lipinski definition) is 5. The minimum Gasteiger partial charge on any atom is -0.441 e. The molecule has 0 fully saturated rings. The highest BCUT2D eigenvalue weighted by Gasteiger charge is 2.06. The Morgan fingerprint density at radius 2 is 2.11 bits per heavy atom. The third-order valence-corrected chi connectivity index (χ3v) is 2.83. The van der Waals surface area contributed by atoms with Gasteiger partial charge in [0.2, 0.25) is 0 Å². The van der Waals surface area contributed by atoms with Crippen LogP contribution in [0.5, 0.6) is 0 Å². The number of fused-ring (bicyclic) bond motifs is 1. The van der Waals surface area contributed by atoms with Crippen LogP contribution >= 0.6 is 0 Å². The van der Waals surface area contributed by atoms with Crippen molar-refractivity contribution in [3.05, 3.63) is 42.2 Å². The summed E-state index contributed by atoms with van der Waals surface area (Å²) >= 11 is 0. The lowest BCUT2D eigenvalue weighted by molar-refractivity contribution is 0.296. The van der Waals surface area contributed by atoms with Gasteiger partial charge in [-0.25, -0.2) is 15.0 Å². The maximum Gasteiger partial charge on any atom is 0.192 e. The zero-order valence-corrected chi connectivity index (χ0v) is 10.5. The van der Waals surface area contributed by atoms with Crippen molar-refractivity contribution < 1.29 is 9.52 Å². The molecule has 0 aliphatic rings. The Labute approximate surface area is 110 Å². The summed E-state index contributed by atoms with van der Waals surface area (Å²) in [5.41, 5.74) is 3.35. The molecule has 2 heterocycles. The molecule has 3 rings (SSSR count). The molecule has 1 N–H and O–H groups in total. The van der Waals surface area contributed by atoms with Crippen LogP contribution in [0.1, 0.15) is 11.7 Å². The van der Waals surface area contributed by atoms with Gasteiger partial charge in [-0.2, -0.15) is 0 Å². The average molecular weight is 255 g/mol. The Balaban J connectivity index is 2.05. The lowest BCUT2D eigenvalue weighted by Gasteiger charge is -2.02. The summed E-state index contributed by atoms with van der Waals surface area (Å²) in [5, 5.41) is 8.92. The van der Waals surface area contributed by atoms with Crippen molar-refractivity contribution in [2.45, 2.75) is 13.3 Å². The largest absolute Gasteiger partial charge is 0.441 e. The van der Waals surface area contributed by atoms with Crippen LogP contribution in [-0.2, 0) is 6.42 Å². The minimum atomic E-state index is 0.0454. The van der Waals surface area contributed by atoms with Crippen molar-refractivity contribution >= 4 is 11.1 Å². The van der Waals surface area contributed by atoms with Crippen molar-refractivity contribution in [3.8, 4) is 11.3 Å². The molecule has 96 valence electrons. The molecule has 0 saturated carbocycles. The normalized spacial score (nSPS) is 11.1. The molecule has 0 atom stereocenters. The van der Waals surface area contributed by atoms with Gasteiger partial charge in [0.05, 0.1) is 12.3 Å². The topological polar surface area (TPSA) is 72.0 Å². The maximum absolute atomic E-state index is 8.92. The average Bonchev–Trinajstić information content (AvgIpc) is 2.78. The van der Waals surface area contributed by atoms with E-state index in [0.717, 1.165) is 22.4 Å². The monoisotopic (exact) mass is 255 g/mol. The highest BCUT2D eigenvalue weighted by molar-refractivity contribution is 5.79. The molecule has 0 amide bonds. The van der Waals surface area contributed by atoms with E-state index in [4.69, 9.17) is 9.52 Å². The van der Waals surface area contributed by atoms with Crippen LogP contribution in [-0.4, -0.2) is 26.7 Å². The summed E-state index contributed by atoms with van der Waals surface area (Å²) in [7, 11) is 0. The molecule has 0 unspecified atom stereocenters. The number of oxazole rings is 1. The van der Waals surface area contributed by atoms with E-state index in [1.54, 1.807) is 6.20 Å². The second kappa shape index (κ2) is 4.78. The Morgan fingerprint density at radius 1 is 1.21 bits per heavy atom. The van der Waals surface area contributed by atoms with E-state index < -0.39 is 0 Å². The molecule has 1 aromatic carbocycles. The van der Waals surface area contributed by atoms with Crippen molar-refractivity contribution in [1.82, 2.24) is 15.0 Å². The number of rotatable bonds is 3. The molecule has 0 aliphatic carbocycles. The third kappa shape index (κ3) is 2.32. The fourth-order valence-electron chi connectivity index (χ4n) is 1.98. The molecule has 19 heavy (non-hydrogen) atoms. The van der Waals surface area contributed by atoms with Crippen molar-refractivity contribution in [2.24, 2.45) is 0 Å². The van der Waals surface area contributed by atoms with Crippen molar-refractivity contribution in [1.29, 1.82) is 0 Å². The summed E-state index contributed by atoms with van der Waals surface area (Å²) in [5.74, 6) is 1.28. The summed E-state index contributed by atoms with van der Waals surface area (Å²) in [6.07, 6.45) is 2.15. The molecule has 0 spiro atoms. The summed E-state index contributed by atoms with van der Waals surface area (Å²) in [6, 6.07) is 7.62. The summed E-state index contributed by atoms with van der Waals surface area (Å²) in [4.78, 5) is 12.8. The Morgan fingerprint density at radius 3 is 2.95 bits per heavy atom. The number of aliphatic hydroxyl groups is 1. The molecule has 0 radical (unpaired) electrons. The van der Waals surface area contributed by atoms with Gasteiger partial charge in [-0.05, 0) is 18.2 Å². The lowest BCUT2D eigenvalue weighted by atomic mass is 10.1. The first-order valence-corrected chi connectivity index (χ1v) is 6.06. The van der Waals surface area contributed by atoms with E-state index in [1.165, 1.54) is 0 Å². The van der Waals surface area contributed by atoms with Gasteiger partial charge in [-0.15, -0.1) is 0 Å². The van der Waals surface area contributed by atoms with Gasteiger partial charge in [-0.1, -0.05) is 6.07 Å². The van der Waals surface area contributed by atoms with E-state index in [9.17, 15) is 0 Å². The fourth-order valence-corrected chi connectivity index (χ4v) is 1.98. The zero-order valence-electron chi connectivity index (χ0n) is 10.5. The van der Waals surface area contributed by atoms with Crippen molar-refractivity contribution in [3.63, 3.8) is 0 Å². The second-order valence-corrected chi connectivity index (χ2v) is 4.25. The number of aryl methyl sites for hydroxylation is 1. The first kappa shape index (κ1) is 11.8. The number of aliphatic hydroxyl groups excluding tert-OH is 1. The van der Waals surface area contributed by atoms with Crippen LogP contribution in [0, 0.1) is 6.92 Å². The smallest absolute Gasteiger partial charge is 0.192 e. The van der Waals surface area contributed by atoms with Gasteiger partial charge in [0.15, 0.2) is 11.5 Å². The molecule has 0 aliphatic heterocycles. The van der Waals surface area contributed by atoms with Crippen LogP contribution in [0.15, 0.2) is 34.9 Å². The Bertz CT molecular complexity index is 722. The molecule has 0 saturated heterocycles. The predicted octanol–water partition coefficient (Wildman–Crippen LogP) is 2.13. The van der Waals surface area contributed by atoms with E-state index in [-0.39, 0.29) is 6.61 Å². The standard InChI is InChI=1S/C14H13N3O2/c1-9-16-12-3-2-10(8-13(12)19-9)11-4-6-15-14(17-11)5-7-18/h2-4,6,8,18H,5,7H2,1H3. The fraction of sp³-hybridized carbons (Fsp3) is 0.214. The van der Waals surface area contributed by atoms with Gasteiger partial charge < -0.3 is 9.52 Å². The minimum absolute atomic E-state index is 0.0454. The second-order valence-electron chi connectivity index (χ2n) is 4.25. The summed E-state index contributed by atoms with van der Waals surface area (Å²) < 4.78 is 5.51. The Hall–Kier alpha value is -2.27. The van der Waals surface area contributed by atoms with Crippen LogP contribution < -0.4 is 0 Å². The number of hydrogen-bond donors (Lipinski definition) is 1. The van der Waals surface area contributed by atoms with Gasteiger partial charge in [0.25, 0.3) is 0 Å². The highest BCUT2D eigenvalue weighted by atomic mass is 16.3. The van der Waals surface area contributed by atoms with E-state index in [2.05, 4.69) is 15.0 Å². The number of benzene rings is 1. The third-order valence-electron chi connectivity index (χ3n) is 2.83. The number of nitrogens with zero attached hydrogens (tertiary/aromatic N) is 3. The Kier molecular flexibility index (Phi) is 2.97. The first-order valence-electron chi connectivity index (χ1n) is 6.06. The van der Waals surface area contributed by atoms with Gasteiger partial charge in [0.1, 0.15) is 11.3 Å². The quantitative estimate of drug-likeness (QED) is 0.776. The summed E-state index contributed by atoms with van der Waals surface area (Å²) in [6.45, 7) is 1.87. The van der Waals surface area contributed by atoms with E-state index in [1.807, 2.05) is 31.2 Å². The molecule has 0 bridgehead atoms. The molecule has 3 aromatic rings. The van der Waals surface area contributed by atoms with E-state index in [0.29, 0.717) is 18.1 Å². The molecular formula is C14H13N3O2. The number of aromatic nitrogens is 3. The van der Waals surface area contributed by atoms with Crippen LogP contribution in [0.3, 0.4) is 0 Å². The first-order chi connectivity index (χ1) is 9.26. The SMILES string of the molecule is Cc1nc2ccc(-c3ccnc(CCO)n3)cc2o1. The highest BCUT2D eigenvalue weighted by Crippen LogP contribution is 2.23. The molecule has 5 heteroatoms. The molecular weight excluding hydrogens is 242 g/mol. The van der Waals surface area contributed by atoms with Crippen LogP contribution in [0.25, 0.3) is 22.4 Å². The predicted molar refractivity (Wildman–Crippen MR) is 70.6 cm³/mol. The van der Waals surface area contributed by atoms with Crippen molar-refractivity contribution in [2.75, 3.05) is 6.61 Å².